The summed E-state index contributed by atoms with van der Waals surface area (Å²) in [6.07, 6.45) is -1.97. The maximum atomic E-state index is 10.9. The topological polar surface area (TPSA) is 130 Å². The molecular weight excluding hydrogens is 364 g/mol. The molecule has 2 N–H and O–H groups in total. The van der Waals surface area contributed by atoms with Crippen molar-refractivity contribution < 1.29 is 48.2 Å². The molecule has 10 heteroatoms. The van der Waals surface area contributed by atoms with E-state index in [1.54, 1.807) is 6.92 Å². The molecule has 0 bridgehead atoms. The minimum atomic E-state index is -0.864. The van der Waals surface area contributed by atoms with E-state index in [1.807, 2.05) is 27.7 Å². The van der Waals surface area contributed by atoms with Gasteiger partial charge >= 0.3 is 12.3 Å². The summed E-state index contributed by atoms with van der Waals surface area (Å²) >= 11 is 0. The molecule has 0 aromatic carbocycles. The quantitative estimate of drug-likeness (QED) is 0.348. The summed E-state index contributed by atoms with van der Waals surface area (Å²) in [6, 6.07) is 0. The number of hydrogen-bond acceptors (Lipinski definition) is 10. The van der Waals surface area contributed by atoms with Crippen LogP contribution in [0.1, 0.15) is 34.6 Å². The van der Waals surface area contributed by atoms with E-state index in [9.17, 15) is 9.59 Å². The van der Waals surface area contributed by atoms with Crippen LogP contribution in [0.5, 0.6) is 0 Å². The highest BCUT2D eigenvalue weighted by molar-refractivity contribution is 5.60. The second kappa shape index (κ2) is 26.6. The SMILES string of the molecule is CC.CC.CC(COCCOC(=O)OCCO)OCCOC(=O)OCCO. The molecule has 0 spiro atoms. The van der Waals surface area contributed by atoms with E-state index >= 15 is 0 Å². The number of hydrogen-bond donors (Lipinski definition) is 2. The van der Waals surface area contributed by atoms with Gasteiger partial charge in [-0.2, -0.15) is 0 Å². The van der Waals surface area contributed by atoms with Crippen molar-refractivity contribution in [2.24, 2.45) is 0 Å². The second-order valence-electron chi connectivity index (χ2n) is 4.10. The normalized spacial score (nSPS) is 10.3. The highest BCUT2D eigenvalue weighted by atomic mass is 16.7. The van der Waals surface area contributed by atoms with E-state index < -0.39 is 12.3 Å². The Morgan fingerprint density at radius 2 is 1.11 bits per heavy atom. The van der Waals surface area contributed by atoms with Crippen LogP contribution in [0.4, 0.5) is 9.59 Å². The van der Waals surface area contributed by atoms with Gasteiger partial charge in [0.15, 0.2) is 0 Å². The Balaban J connectivity index is -0.00000134. The van der Waals surface area contributed by atoms with Gasteiger partial charge in [-0.3, -0.25) is 0 Å². The number of carbonyl (C=O) groups excluding carboxylic acids is 2. The van der Waals surface area contributed by atoms with Crippen LogP contribution >= 0.6 is 0 Å². The lowest BCUT2D eigenvalue weighted by molar-refractivity contribution is -0.0386. The largest absolute Gasteiger partial charge is 0.508 e. The first-order chi connectivity index (χ1) is 13.1. The lowest BCUT2D eigenvalue weighted by atomic mass is 10.4. The number of aliphatic hydroxyl groups is 2. The van der Waals surface area contributed by atoms with Crippen LogP contribution in [0.15, 0.2) is 0 Å². The highest BCUT2D eigenvalue weighted by Crippen LogP contribution is 1.94. The lowest BCUT2D eigenvalue weighted by Crippen LogP contribution is -2.22. The minimum Gasteiger partial charge on any atom is -0.432 e. The van der Waals surface area contributed by atoms with E-state index in [2.05, 4.69) is 18.9 Å². The van der Waals surface area contributed by atoms with Gasteiger partial charge < -0.3 is 38.6 Å². The Kier molecular flexibility index (Phi) is 29.7. The molecule has 0 aliphatic heterocycles. The molecule has 164 valence electrons. The van der Waals surface area contributed by atoms with Gasteiger partial charge in [0, 0.05) is 0 Å². The zero-order chi connectivity index (χ0) is 21.3. The zero-order valence-corrected chi connectivity index (χ0v) is 17.1. The van der Waals surface area contributed by atoms with Crippen LogP contribution in [0.2, 0.25) is 0 Å². The van der Waals surface area contributed by atoms with Gasteiger partial charge in [0.2, 0.25) is 0 Å². The van der Waals surface area contributed by atoms with Gasteiger partial charge in [-0.15, -0.1) is 0 Å². The Morgan fingerprint density at radius 3 is 1.56 bits per heavy atom. The van der Waals surface area contributed by atoms with Gasteiger partial charge in [0.1, 0.15) is 26.4 Å². The molecule has 0 fully saturated rings. The molecule has 0 amide bonds. The monoisotopic (exact) mass is 400 g/mol. The van der Waals surface area contributed by atoms with Gasteiger partial charge in [-0.25, -0.2) is 9.59 Å². The summed E-state index contributed by atoms with van der Waals surface area (Å²) in [5, 5.41) is 16.9. The summed E-state index contributed by atoms with van der Waals surface area (Å²) in [5.41, 5.74) is 0. The first-order valence-electron chi connectivity index (χ1n) is 9.10. The second-order valence-corrected chi connectivity index (χ2v) is 4.10. The summed E-state index contributed by atoms with van der Waals surface area (Å²) in [5.74, 6) is 0. The van der Waals surface area contributed by atoms with Crippen molar-refractivity contribution in [3.8, 4) is 0 Å². The van der Waals surface area contributed by atoms with E-state index in [0.29, 0.717) is 0 Å². The smallest absolute Gasteiger partial charge is 0.432 e. The molecular formula is C17H36O10. The number of carbonyl (C=O) groups is 2. The van der Waals surface area contributed by atoms with Crippen LogP contribution in [0.25, 0.3) is 0 Å². The van der Waals surface area contributed by atoms with Crippen LogP contribution in [-0.2, 0) is 28.4 Å². The number of aliphatic hydroxyl groups excluding tert-OH is 2. The Hall–Kier alpha value is -1.62. The van der Waals surface area contributed by atoms with Crippen LogP contribution < -0.4 is 0 Å². The maximum absolute atomic E-state index is 10.9. The van der Waals surface area contributed by atoms with Gasteiger partial charge in [-0.1, -0.05) is 27.7 Å². The molecule has 0 aliphatic rings. The van der Waals surface area contributed by atoms with E-state index in [0.717, 1.165) is 0 Å². The molecule has 0 aromatic rings. The first kappa shape index (κ1) is 30.1. The fraction of sp³-hybridized carbons (Fsp3) is 0.882. The molecule has 0 rings (SSSR count). The Morgan fingerprint density at radius 1 is 0.704 bits per heavy atom. The zero-order valence-electron chi connectivity index (χ0n) is 17.1. The molecule has 0 saturated heterocycles. The Labute approximate surface area is 161 Å². The van der Waals surface area contributed by atoms with Crippen molar-refractivity contribution in [1.29, 1.82) is 0 Å². The van der Waals surface area contributed by atoms with Crippen molar-refractivity contribution in [3.05, 3.63) is 0 Å². The van der Waals surface area contributed by atoms with Crippen molar-refractivity contribution in [3.63, 3.8) is 0 Å². The minimum absolute atomic E-state index is 0.0222. The van der Waals surface area contributed by atoms with E-state index in [1.165, 1.54) is 0 Å². The first-order valence-corrected chi connectivity index (χ1v) is 9.10. The number of rotatable bonds is 13. The molecule has 0 aliphatic carbocycles. The third-order valence-corrected chi connectivity index (χ3v) is 2.13. The summed E-state index contributed by atoms with van der Waals surface area (Å²) in [6.45, 7) is 9.68. The Bertz CT molecular complexity index is 312. The van der Waals surface area contributed by atoms with Crippen LogP contribution in [0, 0.1) is 0 Å². The average Bonchev–Trinajstić information content (AvgIpc) is 2.70. The molecule has 0 saturated carbocycles. The van der Waals surface area contributed by atoms with Crippen LogP contribution in [0.3, 0.4) is 0 Å². The summed E-state index contributed by atoms with van der Waals surface area (Å²) < 4.78 is 28.8. The predicted molar refractivity (Wildman–Crippen MR) is 97.7 cm³/mol. The van der Waals surface area contributed by atoms with Crippen molar-refractivity contribution in [2.45, 2.75) is 40.7 Å². The van der Waals surface area contributed by atoms with Crippen molar-refractivity contribution in [1.82, 2.24) is 0 Å². The number of ether oxygens (including phenoxy) is 6. The maximum Gasteiger partial charge on any atom is 0.508 e. The van der Waals surface area contributed by atoms with Gasteiger partial charge in [-0.05, 0) is 6.92 Å². The van der Waals surface area contributed by atoms with Gasteiger partial charge in [0.25, 0.3) is 0 Å². The molecule has 0 radical (unpaired) electrons. The molecule has 10 nitrogen and oxygen atoms in total. The lowest BCUT2D eigenvalue weighted by Gasteiger charge is -2.13. The molecule has 27 heavy (non-hydrogen) atoms. The third-order valence-electron chi connectivity index (χ3n) is 2.13. The standard InChI is InChI=1S/C13H24O10.2C2H6/c1-11(19-8-9-23-13(17)21-5-3-15)10-18-6-7-22-12(16)20-4-2-14;2*1-2/h11,14-15H,2-10H2,1H3;2*1-2H3. The summed E-state index contributed by atoms with van der Waals surface area (Å²) in [4.78, 5) is 21.8. The van der Waals surface area contributed by atoms with Crippen molar-refractivity contribution in [2.75, 3.05) is 59.5 Å². The van der Waals surface area contributed by atoms with E-state index in [4.69, 9.17) is 19.7 Å². The highest BCUT2D eigenvalue weighted by Gasteiger charge is 2.06. The fourth-order valence-corrected chi connectivity index (χ4v) is 1.20. The average molecular weight is 400 g/mol. The van der Waals surface area contributed by atoms with E-state index in [-0.39, 0.29) is 65.6 Å². The van der Waals surface area contributed by atoms with Crippen LogP contribution in [-0.4, -0.2) is 88.1 Å². The molecule has 1 unspecified atom stereocenters. The third kappa shape index (κ3) is 26.7. The van der Waals surface area contributed by atoms with Crippen molar-refractivity contribution >= 4 is 12.3 Å². The molecule has 0 heterocycles. The molecule has 0 aromatic heterocycles. The predicted octanol–water partition coefficient (Wildman–Crippen LogP) is 1.75. The fourth-order valence-electron chi connectivity index (χ4n) is 1.20. The summed E-state index contributed by atoms with van der Waals surface area (Å²) in [7, 11) is 0. The molecule has 1 atom stereocenters. The van der Waals surface area contributed by atoms with Gasteiger partial charge in [0.05, 0.1) is 39.1 Å².